The number of rotatable bonds is 3. The number of hydrogen-bond donors (Lipinski definition) is 0. The third-order valence-electron chi connectivity index (χ3n) is 4.91. The van der Waals surface area contributed by atoms with Crippen LogP contribution in [0.5, 0.6) is 0 Å². The van der Waals surface area contributed by atoms with E-state index >= 15 is 0 Å². The summed E-state index contributed by atoms with van der Waals surface area (Å²) in [5, 5.41) is 5.63. The number of nitrogens with zero attached hydrogens (tertiary/aromatic N) is 6. The molecular formula is C19H24N6. The van der Waals surface area contributed by atoms with Gasteiger partial charge >= 0.3 is 0 Å². The summed E-state index contributed by atoms with van der Waals surface area (Å²) in [6.45, 7) is 11.7. The van der Waals surface area contributed by atoms with E-state index in [0.717, 1.165) is 55.3 Å². The minimum Gasteiger partial charge on any atom is -0.353 e. The van der Waals surface area contributed by atoms with Crippen LogP contribution in [0.2, 0.25) is 0 Å². The van der Waals surface area contributed by atoms with Gasteiger partial charge in [0.25, 0.3) is 0 Å². The first-order valence-corrected chi connectivity index (χ1v) is 8.90. The average molecular weight is 336 g/mol. The molecule has 0 aliphatic carbocycles. The molecule has 0 bridgehead atoms. The Kier molecular flexibility index (Phi) is 4.13. The van der Waals surface area contributed by atoms with Crippen molar-refractivity contribution in [3.8, 4) is 5.69 Å². The highest BCUT2D eigenvalue weighted by Gasteiger charge is 2.20. The molecule has 3 aromatic rings. The molecule has 0 atom stereocenters. The van der Waals surface area contributed by atoms with Crippen LogP contribution >= 0.6 is 0 Å². The van der Waals surface area contributed by atoms with Gasteiger partial charge in [-0.1, -0.05) is 13.0 Å². The van der Waals surface area contributed by atoms with E-state index in [2.05, 4.69) is 63.8 Å². The molecule has 0 amide bonds. The van der Waals surface area contributed by atoms with Crippen molar-refractivity contribution >= 4 is 16.9 Å². The number of aromatic nitrogens is 4. The Bertz CT molecular complexity index is 872. The summed E-state index contributed by atoms with van der Waals surface area (Å²) < 4.78 is 1.92. The molecule has 6 heteroatoms. The molecule has 0 spiro atoms. The number of aryl methyl sites for hydroxylation is 2. The molecule has 4 rings (SSSR count). The predicted molar refractivity (Wildman–Crippen MR) is 100 cm³/mol. The fourth-order valence-electron chi connectivity index (χ4n) is 3.62. The molecule has 0 radical (unpaired) electrons. The van der Waals surface area contributed by atoms with Crippen molar-refractivity contribution in [2.45, 2.75) is 20.8 Å². The predicted octanol–water partition coefficient (Wildman–Crippen LogP) is 2.57. The highest BCUT2D eigenvalue weighted by molar-refractivity contribution is 5.87. The van der Waals surface area contributed by atoms with E-state index in [1.807, 2.05) is 10.9 Å². The number of likely N-dealkylation sites (N-methyl/N-ethyl adjacent to an activating group) is 1. The highest BCUT2D eigenvalue weighted by atomic mass is 15.3. The van der Waals surface area contributed by atoms with Crippen molar-refractivity contribution in [1.29, 1.82) is 0 Å². The smallest absolute Gasteiger partial charge is 0.168 e. The second-order valence-electron chi connectivity index (χ2n) is 6.76. The largest absolute Gasteiger partial charge is 0.353 e. The number of benzene rings is 1. The van der Waals surface area contributed by atoms with Gasteiger partial charge in [-0.15, -0.1) is 0 Å². The summed E-state index contributed by atoms with van der Waals surface area (Å²) in [6, 6.07) is 6.45. The second-order valence-corrected chi connectivity index (χ2v) is 6.76. The lowest BCUT2D eigenvalue weighted by Crippen LogP contribution is -2.46. The first-order valence-electron chi connectivity index (χ1n) is 8.90. The first kappa shape index (κ1) is 16.0. The third kappa shape index (κ3) is 2.98. The summed E-state index contributed by atoms with van der Waals surface area (Å²) in [4.78, 5) is 13.9. The van der Waals surface area contributed by atoms with Crippen LogP contribution in [0.3, 0.4) is 0 Å². The van der Waals surface area contributed by atoms with Gasteiger partial charge in [-0.3, -0.25) is 0 Å². The number of hydrogen-bond acceptors (Lipinski definition) is 5. The summed E-state index contributed by atoms with van der Waals surface area (Å²) in [5.74, 6) is 0.997. The normalized spacial score (nSPS) is 15.9. The van der Waals surface area contributed by atoms with Crippen molar-refractivity contribution in [3.05, 3.63) is 41.9 Å². The van der Waals surface area contributed by atoms with Crippen LogP contribution in [-0.2, 0) is 0 Å². The Morgan fingerprint density at radius 3 is 2.36 bits per heavy atom. The van der Waals surface area contributed by atoms with Gasteiger partial charge in [-0.25, -0.2) is 14.6 Å². The zero-order valence-electron chi connectivity index (χ0n) is 15.1. The van der Waals surface area contributed by atoms with Gasteiger partial charge in [0.15, 0.2) is 5.65 Å². The van der Waals surface area contributed by atoms with E-state index < -0.39 is 0 Å². The maximum absolute atomic E-state index is 4.61. The molecule has 1 aliphatic rings. The SMILES string of the molecule is CCN1CCN(c2ncnc3c2cnn3-c2cc(C)cc(C)c2)CC1. The van der Waals surface area contributed by atoms with Crippen LogP contribution in [0.15, 0.2) is 30.7 Å². The average Bonchev–Trinajstić information content (AvgIpc) is 3.05. The summed E-state index contributed by atoms with van der Waals surface area (Å²) >= 11 is 0. The minimum absolute atomic E-state index is 0.868. The molecule has 0 saturated carbocycles. The van der Waals surface area contributed by atoms with Crippen molar-refractivity contribution in [1.82, 2.24) is 24.6 Å². The molecule has 1 aromatic carbocycles. The van der Waals surface area contributed by atoms with Crippen molar-refractivity contribution in [3.63, 3.8) is 0 Å². The van der Waals surface area contributed by atoms with Gasteiger partial charge in [0.1, 0.15) is 12.1 Å². The van der Waals surface area contributed by atoms with Gasteiger partial charge in [0, 0.05) is 26.2 Å². The Balaban J connectivity index is 1.73. The molecule has 1 fully saturated rings. The monoisotopic (exact) mass is 336 g/mol. The lowest BCUT2D eigenvalue weighted by molar-refractivity contribution is 0.271. The fraction of sp³-hybridized carbons (Fsp3) is 0.421. The van der Waals surface area contributed by atoms with E-state index in [0.29, 0.717) is 0 Å². The van der Waals surface area contributed by atoms with E-state index in [1.54, 1.807) is 6.33 Å². The minimum atomic E-state index is 0.868. The Hall–Kier alpha value is -2.47. The topological polar surface area (TPSA) is 50.1 Å². The lowest BCUT2D eigenvalue weighted by Gasteiger charge is -2.34. The Morgan fingerprint density at radius 2 is 1.68 bits per heavy atom. The van der Waals surface area contributed by atoms with Crippen molar-refractivity contribution in [2.75, 3.05) is 37.6 Å². The van der Waals surface area contributed by atoms with Crippen LogP contribution in [0.25, 0.3) is 16.7 Å². The highest BCUT2D eigenvalue weighted by Crippen LogP contribution is 2.26. The molecule has 3 heterocycles. The summed E-state index contributed by atoms with van der Waals surface area (Å²) in [5.41, 5.74) is 4.37. The molecule has 0 N–H and O–H groups in total. The fourth-order valence-corrected chi connectivity index (χ4v) is 3.62. The molecule has 25 heavy (non-hydrogen) atoms. The maximum atomic E-state index is 4.61. The van der Waals surface area contributed by atoms with Crippen LogP contribution in [0.4, 0.5) is 5.82 Å². The van der Waals surface area contributed by atoms with Crippen LogP contribution in [0, 0.1) is 13.8 Å². The van der Waals surface area contributed by atoms with Crippen molar-refractivity contribution < 1.29 is 0 Å². The zero-order chi connectivity index (χ0) is 17.4. The molecule has 1 saturated heterocycles. The Labute approximate surface area is 148 Å². The summed E-state index contributed by atoms with van der Waals surface area (Å²) in [7, 11) is 0. The number of fused-ring (bicyclic) bond motifs is 1. The summed E-state index contributed by atoms with van der Waals surface area (Å²) in [6.07, 6.45) is 3.55. The Morgan fingerprint density at radius 1 is 0.960 bits per heavy atom. The maximum Gasteiger partial charge on any atom is 0.168 e. The third-order valence-corrected chi connectivity index (χ3v) is 4.91. The van der Waals surface area contributed by atoms with Crippen LogP contribution < -0.4 is 4.90 Å². The number of anilines is 1. The van der Waals surface area contributed by atoms with Gasteiger partial charge in [-0.05, 0) is 43.7 Å². The van der Waals surface area contributed by atoms with E-state index in [9.17, 15) is 0 Å². The first-order chi connectivity index (χ1) is 12.2. The van der Waals surface area contributed by atoms with Gasteiger partial charge in [0.2, 0.25) is 0 Å². The van der Waals surface area contributed by atoms with E-state index in [-0.39, 0.29) is 0 Å². The molecule has 0 unspecified atom stereocenters. The quantitative estimate of drug-likeness (QED) is 0.736. The van der Waals surface area contributed by atoms with Gasteiger partial charge in [0.05, 0.1) is 17.3 Å². The van der Waals surface area contributed by atoms with Crippen LogP contribution in [-0.4, -0.2) is 57.4 Å². The zero-order valence-corrected chi connectivity index (χ0v) is 15.1. The number of piperazine rings is 1. The molecular weight excluding hydrogens is 312 g/mol. The van der Waals surface area contributed by atoms with E-state index in [4.69, 9.17) is 0 Å². The molecule has 130 valence electrons. The van der Waals surface area contributed by atoms with Crippen molar-refractivity contribution in [2.24, 2.45) is 0 Å². The molecule has 6 nitrogen and oxygen atoms in total. The second kappa shape index (κ2) is 6.44. The standard InChI is InChI=1S/C19H24N6/c1-4-23-5-7-24(8-6-23)18-17-12-22-25(19(17)21-13-20-18)16-10-14(2)9-15(3)11-16/h9-13H,4-8H2,1-3H3. The van der Waals surface area contributed by atoms with E-state index in [1.165, 1.54) is 11.1 Å². The molecule has 1 aliphatic heterocycles. The molecule has 2 aromatic heterocycles. The van der Waals surface area contributed by atoms with Gasteiger partial charge < -0.3 is 9.80 Å². The van der Waals surface area contributed by atoms with Crippen LogP contribution in [0.1, 0.15) is 18.1 Å². The van der Waals surface area contributed by atoms with Gasteiger partial charge in [-0.2, -0.15) is 5.10 Å². The lowest BCUT2D eigenvalue weighted by atomic mass is 10.1.